The van der Waals surface area contributed by atoms with Crippen LogP contribution in [0.15, 0.2) is 36.4 Å². The van der Waals surface area contributed by atoms with E-state index in [1.807, 2.05) is 13.8 Å². The van der Waals surface area contributed by atoms with Crippen molar-refractivity contribution in [3.63, 3.8) is 0 Å². The second-order valence-corrected chi connectivity index (χ2v) is 6.97. The molecule has 3 rings (SSSR count). The molecular formula is C20H21ClN2O3. The van der Waals surface area contributed by atoms with Gasteiger partial charge in [0.05, 0.1) is 0 Å². The van der Waals surface area contributed by atoms with Crippen molar-refractivity contribution in [1.82, 2.24) is 5.32 Å². The molecule has 0 atom stereocenters. The zero-order chi connectivity index (χ0) is 18.7. The van der Waals surface area contributed by atoms with Crippen LogP contribution in [0.3, 0.4) is 0 Å². The minimum absolute atomic E-state index is 0.0811. The first-order valence-electron chi connectivity index (χ1n) is 8.52. The summed E-state index contributed by atoms with van der Waals surface area (Å²) in [4.78, 5) is 24.1. The molecule has 0 unspecified atom stereocenters. The van der Waals surface area contributed by atoms with Gasteiger partial charge in [-0.15, -0.1) is 0 Å². The predicted octanol–water partition coefficient (Wildman–Crippen LogP) is 3.87. The van der Waals surface area contributed by atoms with Crippen molar-refractivity contribution in [1.29, 1.82) is 0 Å². The fourth-order valence-electron chi connectivity index (χ4n) is 2.66. The van der Waals surface area contributed by atoms with Crippen LogP contribution in [0.4, 0.5) is 5.69 Å². The molecule has 0 saturated heterocycles. The highest BCUT2D eigenvalue weighted by Gasteiger charge is 2.23. The summed E-state index contributed by atoms with van der Waals surface area (Å²) in [7, 11) is 0. The molecule has 1 aliphatic carbocycles. The Morgan fingerprint density at radius 3 is 2.31 bits per heavy atom. The van der Waals surface area contributed by atoms with Gasteiger partial charge >= 0.3 is 0 Å². The van der Waals surface area contributed by atoms with E-state index in [0.29, 0.717) is 28.1 Å². The van der Waals surface area contributed by atoms with Gasteiger partial charge in [-0.25, -0.2) is 0 Å². The average Bonchev–Trinajstić information content (AvgIpc) is 3.38. The standard InChI is InChI=1S/C20H21ClN2O3/c1-12-9-15(21)10-13(2)19(12)26-11-18(24)22-16-5-3-14(4-6-16)20(25)23-17-7-8-17/h3-6,9-10,17H,7-8,11H2,1-2H3,(H,22,24)(H,23,25). The van der Waals surface area contributed by atoms with Crippen LogP contribution in [-0.4, -0.2) is 24.5 Å². The summed E-state index contributed by atoms with van der Waals surface area (Å²) in [6.07, 6.45) is 2.10. The number of hydrogen-bond donors (Lipinski definition) is 2. The fraction of sp³-hybridized carbons (Fsp3) is 0.300. The summed E-state index contributed by atoms with van der Waals surface area (Å²) in [5.41, 5.74) is 2.97. The van der Waals surface area contributed by atoms with Gasteiger partial charge in [-0.2, -0.15) is 0 Å². The number of carbonyl (C=O) groups excluding carboxylic acids is 2. The van der Waals surface area contributed by atoms with Gasteiger partial charge in [-0.3, -0.25) is 9.59 Å². The number of carbonyl (C=O) groups is 2. The van der Waals surface area contributed by atoms with Crippen LogP contribution in [0.5, 0.6) is 5.75 Å². The second-order valence-electron chi connectivity index (χ2n) is 6.53. The first-order chi connectivity index (χ1) is 12.4. The van der Waals surface area contributed by atoms with Crippen LogP contribution < -0.4 is 15.4 Å². The number of aryl methyl sites for hydroxylation is 2. The Labute approximate surface area is 157 Å². The summed E-state index contributed by atoms with van der Waals surface area (Å²) in [5.74, 6) is 0.313. The average molecular weight is 373 g/mol. The normalized spacial score (nSPS) is 13.2. The molecule has 0 heterocycles. The van der Waals surface area contributed by atoms with E-state index in [1.165, 1.54) is 0 Å². The Morgan fingerprint density at radius 2 is 1.73 bits per heavy atom. The molecule has 5 nitrogen and oxygen atoms in total. The number of benzene rings is 2. The molecule has 6 heteroatoms. The third-order valence-corrected chi connectivity index (χ3v) is 4.33. The van der Waals surface area contributed by atoms with Crippen LogP contribution in [0.1, 0.15) is 34.3 Å². The highest BCUT2D eigenvalue weighted by atomic mass is 35.5. The summed E-state index contributed by atoms with van der Waals surface area (Å²) < 4.78 is 5.63. The molecule has 0 aliphatic heterocycles. The van der Waals surface area contributed by atoms with Crippen LogP contribution in [0.25, 0.3) is 0 Å². The SMILES string of the molecule is Cc1cc(Cl)cc(C)c1OCC(=O)Nc1ccc(C(=O)NC2CC2)cc1. The summed E-state index contributed by atoms with van der Waals surface area (Å²) in [6, 6.07) is 10.7. The molecule has 136 valence electrons. The van der Waals surface area contributed by atoms with Crippen molar-refractivity contribution in [3.8, 4) is 5.75 Å². The van der Waals surface area contributed by atoms with Gasteiger partial charge in [-0.1, -0.05) is 11.6 Å². The van der Waals surface area contributed by atoms with Crippen LogP contribution in [0.2, 0.25) is 5.02 Å². The number of ether oxygens (including phenoxy) is 1. The molecule has 0 aromatic heterocycles. The molecule has 1 aliphatic rings. The van der Waals surface area contributed by atoms with Gasteiger partial charge < -0.3 is 15.4 Å². The highest BCUT2D eigenvalue weighted by molar-refractivity contribution is 6.30. The lowest BCUT2D eigenvalue weighted by molar-refractivity contribution is -0.118. The van der Waals surface area contributed by atoms with Crippen molar-refractivity contribution in [3.05, 3.63) is 58.1 Å². The van der Waals surface area contributed by atoms with Gasteiger partial charge in [0, 0.05) is 22.3 Å². The van der Waals surface area contributed by atoms with E-state index in [1.54, 1.807) is 36.4 Å². The maximum absolute atomic E-state index is 12.1. The van der Waals surface area contributed by atoms with E-state index in [4.69, 9.17) is 16.3 Å². The molecule has 26 heavy (non-hydrogen) atoms. The monoisotopic (exact) mass is 372 g/mol. The number of nitrogens with one attached hydrogen (secondary N) is 2. The Kier molecular flexibility index (Phi) is 5.47. The van der Waals surface area contributed by atoms with Crippen molar-refractivity contribution < 1.29 is 14.3 Å². The Hall–Kier alpha value is -2.53. The Bertz CT molecular complexity index is 806. The third kappa shape index (κ3) is 4.76. The van der Waals surface area contributed by atoms with E-state index in [-0.39, 0.29) is 18.4 Å². The summed E-state index contributed by atoms with van der Waals surface area (Å²) in [5, 5.41) is 6.33. The lowest BCUT2D eigenvalue weighted by Crippen LogP contribution is -2.25. The van der Waals surface area contributed by atoms with E-state index in [0.717, 1.165) is 24.0 Å². The minimum atomic E-state index is -0.270. The molecule has 0 bridgehead atoms. The summed E-state index contributed by atoms with van der Waals surface area (Å²) in [6.45, 7) is 3.67. The number of rotatable bonds is 6. The molecule has 2 N–H and O–H groups in total. The second kappa shape index (κ2) is 7.79. The molecule has 2 aromatic rings. The molecular weight excluding hydrogens is 352 g/mol. The van der Waals surface area contributed by atoms with E-state index in [9.17, 15) is 9.59 Å². The Balaban J connectivity index is 1.54. The third-order valence-electron chi connectivity index (χ3n) is 4.12. The maximum Gasteiger partial charge on any atom is 0.262 e. The minimum Gasteiger partial charge on any atom is -0.483 e. The topological polar surface area (TPSA) is 67.4 Å². The molecule has 1 fully saturated rings. The van der Waals surface area contributed by atoms with Gasteiger partial charge in [0.25, 0.3) is 11.8 Å². The maximum atomic E-state index is 12.1. The lowest BCUT2D eigenvalue weighted by atomic mass is 10.1. The summed E-state index contributed by atoms with van der Waals surface area (Å²) >= 11 is 6.00. The molecule has 2 aromatic carbocycles. The van der Waals surface area contributed by atoms with Gasteiger partial charge in [0.2, 0.25) is 0 Å². The molecule has 1 saturated carbocycles. The van der Waals surface area contributed by atoms with Crippen LogP contribution >= 0.6 is 11.6 Å². The number of halogens is 1. The Morgan fingerprint density at radius 1 is 1.12 bits per heavy atom. The van der Waals surface area contributed by atoms with Crippen LogP contribution in [-0.2, 0) is 4.79 Å². The van der Waals surface area contributed by atoms with Crippen molar-refractivity contribution in [2.24, 2.45) is 0 Å². The predicted molar refractivity (Wildman–Crippen MR) is 102 cm³/mol. The van der Waals surface area contributed by atoms with Crippen molar-refractivity contribution in [2.45, 2.75) is 32.7 Å². The number of anilines is 1. The smallest absolute Gasteiger partial charge is 0.262 e. The number of hydrogen-bond acceptors (Lipinski definition) is 3. The van der Waals surface area contributed by atoms with Crippen molar-refractivity contribution >= 4 is 29.1 Å². The highest BCUT2D eigenvalue weighted by Crippen LogP contribution is 2.27. The zero-order valence-electron chi connectivity index (χ0n) is 14.8. The van der Waals surface area contributed by atoms with Gasteiger partial charge in [0.15, 0.2) is 6.61 Å². The lowest BCUT2D eigenvalue weighted by Gasteiger charge is -2.13. The molecule has 2 amide bonds. The quantitative estimate of drug-likeness (QED) is 0.808. The fourth-order valence-corrected chi connectivity index (χ4v) is 2.99. The zero-order valence-corrected chi connectivity index (χ0v) is 15.5. The largest absolute Gasteiger partial charge is 0.483 e. The van der Waals surface area contributed by atoms with Crippen molar-refractivity contribution in [2.75, 3.05) is 11.9 Å². The van der Waals surface area contributed by atoms with Gasteiger partial charge in [0.1, 0.15) is 5.75 Å². The molecule has 0 radical (unpaired) electrons. The number of amides is 2. The van der Waals surface area contributed by atoms with Crippen LogP contribution in [0, 0.1) is 13.8 Å². The first-order valence-corrected chi connectivity index (χ1v) is 8.90. The first kappa shape index (κ1) is 18.3. The van der Waals surface area contributed by atoms with E-state index < -0.39 is 0 Å². The molecule has 0 spiro atoms. The van der Waals surface area contributed by atoms with E-state index >= 15 is 0 Å². The van der Waals surface area contributed by atoms with E-state index in [2.05, 4.69) is 10.6 Å². The van der Waals surface area contributed by atoms with Gasteiger partial charge in [-0.05, 0) is 74.2 Å².